The molecule has 2 rings (SSSR count). The van der Waals surface area contributed by atoms with Gasteiger partial charge in [0.15, 0.2) is 23.3 Å². The average molecular weight is 269 g/mol. The Morgan fingerprint density at radius 3 is 1.63 bits per heavy atom. The van der Waals surface area contributed by atoms with E-state index in [2.05, 4.69) is 0 Å². The number of hydrogen-bond donors (Lipinski definition) is 0. The van der Waals surface area contributed by atoms with Gasteiger partial charge in [-0.05, 0) is 17.7 Å². The molecule has 0 spiro atoms. The van der Waals surface area contributed by atoms with E-state index in [1.165, 1.54) is 0 Å². The molecule has 6 heteroatoms. The van der Waals surface area contributed by atoms with E-state index in [4.69, 9.17) is 5.26 Å². The van der Waals surface area contributed by atoms with Gasteiger partial charge in [0.1, 0.15) is 17.4 Å². The van der Waals surface area contributed by atoms with E-state index in [1.807, 2.05) is 0 Å². The van der Waals surface area contributed by atoms with E-state index in [0.29, 0.717) is 0 Å². The van der Waals surface area contributed by atoms with Crippen LogP contribution in [0, 0.1) is 40.4 Å². The highest BCUT2D eigenvalue weighted by molar-refractivity contribution is 5.66. The van der Waals surface area contributed by atoms with E-state index in [0.717, 1.165) is 30.3 Å². The quantitative estimate of drug-likeness (QED) is 0.568. The van der Waals surface area contributed by atoms with E-state index >= 15 is 0 Å². The molecular weight excluding hydrogens is 265 g/mol. The molecule has 0 atom stereocenters. The molecule has 2 aromatic rings. The SMILES string of the molecule is N#Cc1c(F)c(F)c(-c2ccc(F)cc2)c(F)c1F. The summed E-state index contributed by atoms with van der Waals surface area (Å²) in [5.41, 5.74) is -2.55. The maximum Gasteiger partial charge on any atom is 0.180 e. The lowest BCUT2D eigenvalue weighted by Crippen LogP contribution is -2.03. The van der Waals surface area contributed by atoms with Crippen molar-refractivity contribution in [2.24, 2.45) is 0 Å². The highest BCUT2D eigenvalue weighted by Crippen LogP contribution is 2.31. The number of nitrogens with zero attached hydrogens (tertiary/aromatic N) is 1. The zero-order chi connectivity index (χ0) is 14.2. The summed E-state index contributed by atoms with van der Waals surface area (Å²) in [6.45, 7) is 0. The number of rotatable bonds is 1. The van der Waals surface area contributed by atoms with Crippen LogP contribution in [0.25, 0.3) is 11.1 Å². The molecule has 0 fully saturated rings. The lowest BCUT2D eigenvalue weighted by Gasteiger charge is -2.08. The van der Waals surface area contributed by atoms with E-state index < -0.39 is 40.2 Å². The van der Waals surface area contributed by atoms with Crippen LogP contribution in [-0.2, 0) is 0 Å². The summed E-state index contributed by atoms with van der Waals surface area (Å²) < 4.78 is 66.8. The lowest BCUT2D eigenvalue weighted by atomic mass is 10.0. The Labute approximate surface area is 104 Å². The minimum Gasteiger partial charge on any atom is -0.207 e. The van der Waals surface area contributed by atoms with Crippen molar-refractivity contribution in [2.75, 3.05) is 0 Å². The molecule has 0 heterocycles. The van der Waals surface area contributed by atoms with Crippen LogP contribution < -0.4 is 0 Å². The van der Waals surface area contributed by atoms with Crippen LogP contribution in [0.2, 0.25) is 0 Å². The van der Waals surface area contributed by atoms with Crippen LogP contribution in [0.4, 0.5) is 22.0 Å². The maximum atomic E-state index is 13.6. The Balaban J connectivity index is 2.79. The van der Waals surface area contributed by atoms with Crippen molar-refractivity contribution in [2.45, 2.75) is 0 Å². The zero-order valence-corrected chi connectivity index (χ0v) is 9.15. The molecule has 0 aliphatic carbocycles. The van der Waals surface area contributed by atoms with Gasteiger partial charge in [0.25, 0.3) is 0 Å². The van der Waals surface area contributed by atoms with Crippen LogP contribution in [-0.4, -0.2) is 0 Å². The van der Waals surface area contributed by atoms with Crippen molar-refractivity contribution in [3.8, 4) is 17.2 Å². The number of benzene rings is 2. The Morgan fingerprint density at radius 1 is 0.737 bits per heavy atom. The summed E-state index contributed by atoms with van der Waals surface area (Å²) in [7, 11) is 0. The van der Waals surface area contributed by atoms with Gasteiger partial charge in [-0.1, -0.05) is 12.1 Å². The monoisotopic (exact) mass is 269 g/mol. The molecule has 0 aliphatic heterocycles. The normalized spacial score (nSPS) is 10.3. The predicted molar refractivity (Wildman–Crippen MR) is 56.4 cm³/mol. The number of nitriles is 1. The molecule has 96 valence electrons. The van der Waals surface area contributed by atoms with Crippen molar-refractivity contribution in [3.05, 3.63) is 58.9 Å². The van der Waals surface area contributed by atoms with Gasteiger partial charge in [-0.15, -0.1) is 0 Å². The first-order valence-corrected chi connectivity index (χ1v) is 4.99. The van der Waals surface area contributed by atoms with Crippen molar-refractivity contribution in [1.82, 2.24) is 0 Å². The van der Waals surface area contributed by atoms with Gasteiger partial charge in [-0.2, -0.15) is 5.26 Å². The Hall–Kier alpha value is -2.42. The second-order valence-corrected chi connectivity index (χ2v) is 3.62. The van der Waals surface area contributed by atoms with Crippen LogP contribution in [0.1, 0.15) is 5.56 Å². The van der Waals surface area contributed by atoms with Gasteiger partial charge in [0.2, 0.25) is 0 Å². The lowest BCUT2D eigenvalue weighted by molar-refractivity contribution is 0.454. The molecule has 0 saturated carbocycles. The summed E-state index contributed by atoms with van der Waals surface area (Å²) >= 11 is 0. The van der Waals surface area contributed by atoms with E-state index in [1.54, 1.807) is 0 Å². The van der Waals surface area contributed by atoms with E-state index in [-0.39, 0.29) is 5.56 Å². The van der Waals surface area contributed by atoms with Crippen LogP contribution >= 0.6 is 0 Å². The minimum absolute atomic E-state index is 0.237. The molecule has 0 aliphatic rings. The molecule has 0 saturated heterocycles. The summed E-state index contributed by atoms with van der Waals surface area (Å²) in [4.78, 5) is 0. The van der Waals surface area contributed by atoms with Crippen LogP contribution in [0.15, 0.2) is 24.3 Å². The van der Waals surface area contributed by atoms with Crippen molar-refractivity contribution < 1.29 is 22.0 Å². The molecule has 1 nitrogen and oxygen atoms in total. The standard InChI is InChI=1S/C13H4F5N/c14-7-3-1-6(2-4-7)9-12(17)10(15)8(5-19)11(16)13(9)18/h1-4H. The van der Waals surface area contributed by atoms with Crippen molar-refractivity contribution in [1.29, 1.82) is 5.26 Å². The Bertz CT molecular complexity index is 657. The fraction of sp³-hybridized carbons (Fsp3) is 0. The van der Waals surface area contributed by atoms with Gasteiger partial charge >= 0.3 is 0 Å². The second kappa shape index (κ2) is 4.69. The third kappa shape index (κ3) is 2.03. The Morgan fingerprint density at radius 2 is 1.21 bits per heavy atom. The molecule has 0 unspecified atom stereocenters. The van der Waals surface area contributed by atoms with Crippen LogP contribution in [0.5, 0.6) is 0 Å². The summed E-state index contributed by atoms with van der Waals surface area (Å²) in [6, 6.07) is 4.77. The fourth-order valence-electron chi connectivity index (χ4n) is 1.60. The Kier molecular flexibility index (Phi) is 3.21. The summed E-state index contributed by atoms with van der Waals surface area (Å²) in [5, 5.41) is 8.43. The number of hydrogen-bond acceptors (Lipinski definition) is 1. The predicted octanol–water partition coefficient (Wildman–Crippen LogP) is 3.92. The first-order valence-electron chi connectivity index (χ1n) is 4.99. The fourth-order valence-corrected chi connectivity index (χ4v) is 1.60. The van der Waals surface area contributed by atoms with Gasteiger partial charge in [0.05, 0.1) is 5.56 Å². The van der Waals surface area contributed by atoms with Crippen molar-refractivity contribution in [3.63, 3.8) is 0 Å². The average Bonchev–Trinajstić information content (AvgIpc) is 2.40. The molecular formula is C13H4F5N. The third-order valence-electron chi connectivity index (χ3n) is 2.51. The van der Waals surface area contributed by atoms with Gasteiger partial charge in [0, 0.05) is 0 Å². The smallest absolute Gasteiger partial charge is 0.180 e. The van der Waals surface area contributed by atoms with Gasteiger partial charge in [-0.3, -0.25) is 0 Å². The van der Waals surface area contributed by atoms with Crippen molar-refractivity contribution >= 4 is 0 Å². The first-order chi connectivity index (χ1) is 8.97. The number of halogens is 5. The molecule has 0 aromatic heterocycles. The van der Waals surface area contributed by atoms with Crippen LogP contribution in [0.3, 0.4) is 0 Å². The second-order valence-electron chi connectivity index (χ2n) is 3.62. The summed E-state index contributed by atoms with van der Waals surface area (Å²) in [5.74, 6) is -7.61. The highest BCUT2D eigenvalue weighted by Gasteiger charge is 2.26. The molecule has 2 aromatic carbocycles. The van der Waals surface area contributed by atoms with Gasteiger partial charge < -0.3 is 0 Å². The highest BCUT2D eigenvalue weighted by atomic mass is 19.2. The zero-order valence-electron chi connectivity index (χ0n) is 9.15. The molecule has 0 amide bonds. The summed E-state index contributed by atoms with van der Waals surface area (Å²) in [6.07, 6.45) is 0. The molecule has 0 N–H and O–H groups in total. The first kappa shape index (κ1) is 13.0. The minimum atomic E-state index is -1.78. The third-order valence-corrected chi connectivity index (χ3v) is 2.51. The largest absolute Gasteiger partial charge is 0.207 e. The maximum absolute atomic E-state index is 13.6. The van der Waals surface area contributed by atoms with E-state index in [9.17, 15) is 22.0 Å². The molecule has 0 radical (unpaired) electrons. The molecule has 19 heavy (non-hydrogen) atoms. The van der Waals surface area contributed by atoms with Gasteiger partial charge in [-0.25, -0.2) is 22.0 Å². The molecule has 0 bridgehead atoms. The topological polar surface area (TPSA) is 23.8 Å².